The van der Waals surface area contributed by atoms with Crippen LogP contribution in [-0.4, -0.2) is 37.5 Å². The third-order valence-corrected chi connectivity index (χ3v) is 5.53. The van der Waals surface area contributed by atoms with E-state index in [4.69, 9.17) is 5.73 Å². The van der Waals surface area contributed by atoms with E-state index in [1.54, 1.807) is 12.1 Å². The molecular formula is C23H24FN5O2. The average Bonchev–Trinajstić information content (AvgIpc) is 3.39. The molecule has 0 bridgehead atoms. The van der Waals surface area contributed by atoms with Crippen molar-refractivity contribution in [1.29, 1.82) is 0 Å². The van der Waals surface area contributed by atoms with Crippen molar-refractivity contribution in [2.45, 2.75) is 44.7 Å². The van der Waals surface area contributed by atoms with Crippen LogP contribution in [0.4, 0.5) is 4.39 Å². The molecule has 1 saturated heterocycles. The number of hydrogen-bond donors (Lipinski definition) is 1. The van der Waals surface area contributed by atoms with Crippen molar-refractivity contribution in [3.8, 4) is 5.69 Å². The maximum atomic E-state index is 13.8. The second kappa shape index (κ2) is 8.29. The predicted octanol–water partition coefficient (Wildman–Crippen LogP) is 3.36. The molecule has 0 unspecified atom stereocenters. The first-order valence-electron chi connectivity index (χ1n) is 10.3. The van der Waals surface area contributed by atoms with Crippen LogP contribution < -0.4 is 5.73 Å². The van der Waals surface area contributed by atoms with Gasteiger partial charge in [-0.2, -0.15) is 0 Å². The molecule has 7 nitrogen and oxygen atoms in total. The lowest BCUT2D eigenvalue weighted by Crippen LogP contribution is -2.45. The van der Waals surface area contributed by atoms with Crippen molar-refractivity contribution in [2.24, 2.45) is 5.73 Å². The van der Waals surface area contributed by atoms with Crippen LogP contribution in [-0.2, 0) is 4.79 Å². The quantitative estimate of drug-likeness (QED) is 0.683. The van der Waals surface area contributed by atoms with E-state index in [0.717, 1.165) is 5.56 Å². The maximum Gasteiger partial charge on any atom is 0.294 e. The molecule has 2 N–H and O–H groups in total. The van der Waals surface area contributed by atoms with Gasteiger partial charge in [0.05, 0.1) is 11.7 Å². The SMILES string of the molecule is CC(C)c1nc(C(=O)N2[C@@H](C(N)=O)CC[C@@H]2c2ccccc2)nn1-c1cccc(F)c1. The lowest BCUT2D eigenvalue weighted by molar-refractivity contribution is -0.122. The molecule has 3 aromatic rings. The van der Waals surface area contributed by atoms with Crippen LogP contribution in [0.3, 0.4) is 0 Å². The molecule has 160 valence electrons. The Morgan fingerprint density at radius 2 is 1.84 bits per heavy atom. The van der Waals surface area contributed by atoms with Crippen LogP contribution in [0.5, 0.6) is 0 Å². The second-order valence-electron chi connectivity index (χ2n) is 7.97. The Morgan fingerprint density at radius 3 is 2.48 bits per heavy atom. The van der Waals surface area contributed by atoms with Gasteiger partial charge in [0.15, 0.2) is 0 Å². The number of likely N-dealkylation sites (tertiary alicyclic amines) is 1. The molecule has 8 heteroatoms. The monoisotopic (exact) mass is 421 g/mol. The Hall–Kier alpha value is -3.55. The molecule has 2 atom stereocenters. The summed E-state index contributed by atoms with van der Waals surface area (Å²) in [5.74, 6) is -1.00. The van der Waals surface area contributed by atoms with Gasteiger partial charge in [-0.15, -0.1) is 5.10 Å². The molecule has 0 radical (unpaired) electrons. The Morgan fingerprint density at radius 1 is 1.10 bits per heavy atom. The number of carbonyl (C=O) groups is 2. The number of primary amides is 1. The van der Waals surface area contributed by atoms with Gasteiger partial charge in [-0.05, 0) is 36.6 Å². The highest BCUT2D eigenvalue weighted by Crippen LogP contribution is 2.37. The molecule has 2 amide bonds. The average molecular weight is 421 g/mol. The summed E-state index contributed by atoms with van der Waals surface area (Å²) in [6.45, 7) is 3.84. The summed E-state index contributed by atoms with van der Waals surface area (Å²) in [5.41, 5.74) is 7.01. The first kappa shape index (κ1) is 20.7. The molecule has 0 spiro atoms. The molecule has 1 aliphatic heterocycles. The number of halogens is 1. The zero-order valence-corrected chi connectivity index (χ0v) is 17.4. The molecule has 1 aliphatic rings. The summed E-state index contributed by atoms with van der Waals surface area (Å²) in [5, 5.41) is 4.40. The van der Waals surface area contributed by atoms with Gasteiger partial charge < -0.3 is 10.6 Å². The highest BCUT2D eigenvalue weighted by Gasteiger charge is 2.42. The highest BCUT2D eigenvalue weighted by molar-refractivity contribution is 5.95. The number of benzene rings is 2. The van der Waals surface area contributed by atoms with Crippen molar-refractivity contribution in [2.75, 3.05) is 0 Å². The lowest BCUT2D eigenvalue weighted by atomic mass is 10.0. The fourth-order valence-corrected chi connectivity index (χ4v) is 4.08. The van der Waals surface area contributed by atoms with Crippen LogP contribution in [0, 0.1) is 5.82 Å². The van der Waals surface area contributed by atoms with E-state index in [1.165, 1.54) is 21.7 Å². The van der Waals surface area contributed by atoms with Crippen LogP contribution in [0.25, 0.3) is 5.69 Å². The third-order valence-electron chi connectivity index (χ3n) is 5.53. The van der Waals surface area contributed by atoms with Gasteiger partial charge in [-0.1, -0.05) is 50.2 Å². The minimum atomic E-state index is -0.735. The van der Waals surface area contributed by atoms with E-state index in [0.29, 0.717) is 24.4 Å². The van der Waals surface area contributed by atoms with Crippen LogP contribution in [0.1, 0.15) is 60.7 Å². The minimum absolute atomic E-state index is 0.0398. The molecule has 4 rings (SSSR count). The first-order chi connectivity index (χ1) is 14.9. The van der Waals surface area contributed by atoms with Crippen molar-refractivity contribution in [3.63, 3.8) is 0 Å². The van der Waals surface area contributed by atoms with E-state index >= 15 is 0 Å². The van der Waals surface area contributed by atoms with Crippen molar-refractivity contribution in [1.82, 2.24) is 19.7 Å². The smallest absolute Gasteiger partial charge is 0.294 e. The fraction of sp³-hybridized carbons (Fsp3) is 0.304. The first-order valence-corrected chi connectivity index (χ1v) is 10.3. The van der Waals surface area contributed by atoms with Crippen molar-refractivity contribution >= 4 is 11.8 Å². The zero-order chi connectivity index (χ0) is 22.1. The second-order valence-corrected chi connectivity index (χ2v) is 7.97. The fourth-order valence-electron chi connectivity index (χ4n) is 4.08. The number of hydrogen-bond acceptors (Lipinski definition) is 4. The Bertz CT molecular complexity index is 1110. The van der Waals surface area contributed by atoms with Gasteiger partial charge in [-0.25, -0.2) is 14.1 Å². The van der Waals surface area contributed by atoms with Crippen LogP contribution >= 0.6 is 0 Å². The van der Waals surface area contributed by atoms with Gasteiger partial charge in [0, 0.05) is 5.92 Å². The number of nitrogens with zero attached hydrogens (tertiary/aromatic N) is 4. The maximum absolute atomic E-state index is 13.8. The number of rotatable bonds is 5. The highest BCUT2D eigenvalue weighted by atomic mass is 19.1. The Balaban J connectivity index is 1.76. The topological polar surface area (TPSA) is 94.1 Å². The van der Waals surface area contributed by atoms with Crippen molar-refractivity contribution < 1.29 is 14.0 Å². The molecular weight excluding hydrogens is 397 g/mol. The predicted molar refractivity (Wildman–Crippen MR) is 113 cm³/mol. The lowest BCUT2D eigenvalue weighted by Gasteiger charge is -2.28. The molecule has 0 saturated carbocycles. The summed E-state index contributed by atoms with van der Waals surface area (Å²) in [7, 11) is 0. The minimum Gasteiger partial charge on any atom is -0.368 e. The number of amides is 2. The van der Waals surface area contributed by atoms with Crippen LogP contribution in [0.15, 0.2) is 54.6 Å². The summed E-state index contributed by atoms with van der Waals surface area (Å²) >= 11 is 0. The van der Waals surface area contributed by atoms with Gasteiger partial charge >= 0.3 is 0 Å². The standard InChI is InChI=1S/C23H24FN5O2/c1-14(2)22-26-21(27-29(22)17-10-6-9-16(24)13-17)23(31)28-18(11-12-19(28)20(25)30)15-7-4-3-5-8-15/h3-10,13-14,18-19H,11-12H2,1-2H3,(H2,25,30)/t18-,19-/m1/s1. The zero-order valence-electron chi connectivity index (χ0n) is 17.4. The summed E-state index contributed by atoms with van der Waals surface area (Å²) < 4.78 is 15.3. The van der Waals surface area contributed by atoms with Gasteiger partial charge in [-0.3, -0.25) is 9.59 Å². The van der Waals surface area contributed by atoms with Gasteiger partial charge in [0.2, 0.25) is 11.7 Å². The molecule has 1 aromatic heterocycles. The molecule has 2 aromatic carbocycles. The Kier molecular flexibility index (Phi) is 5.54. The van der Waals surface area contributed by atoms with E-state index in [9.17, 15) is 14.0 Å². The number of nitrogens with two attached hydrogens (primary N) is 1. The summed E-state index contributed by atoms with van der Waals surface area (Å²) in [4.78, 5) is 31.6. The molecule has 0 aliphatic carbocycles. The van der Waals surface area contributed by atoms with Gasteiger partial charge in [0.25, 0.3) is 5.91 Å². The summed E-state index contributed by atoms with van der Waals surface area (Å²) in [6.07, 6.45) is 1.09. The van der Waals surface area contributed by atoms with E-state index in [-0.39, 0.29) is 17.8 Å². The molecule has 1 fully saturated rings. The van der Waals surface area contributed by atoms with E-state index < -0.39 is 23.7 Å². The number of aromatic nitrogens is 3. The molecule has 31 heavy (non-hydrogen) atoms. The normalized spacial score (nSPS) is 18.5. The van der Waals surface area contributed by atoms with E-state index in [2.05, 4.69) is 10.1 Å². The van der Waals surface area contributed by atoms with Crippen LogP contribution in [0.2, 0.25) is 0 Å². The third kappa shape index (κ3) is 3.93. The van der Waals surface area contributed by atoms with Crippen molar-refractivity contribution in [3.05, 3.63) is 77.6 Å². The Labute approximate surface area is 179 Å². The summed E-state index contributed by atoms with van der Waals surface area (Å²) in [6, 6.07) is 14.5. The molecule has 2 heterocycles. The van der Waals surface area contributed by atoms with E-state index in [1.807, 2.05) is 44.2 Å². The number of carbonyl (C=O) groups excluding carboxylic acids is 2. The van der Waals surface area contributed by atoms with Gasteiger partial charge in [0.1, 0.15) is 17.7 Å². The largest absolute Gasteiger partial charge is 0.368 e.